The van der Waals surface area contributed by atoms with Crippen LogP contribution in [0.2, 0.25) is 0 Å². The van der Waals surface area contributed by atoms with Gasteiger partial charge in [-0.05, 0) is 107 Å². The van der Waals surface area contributed by atoms with Crippen LogP contribution in [0.5, 0.6) is 11.5 Å². The summed E-state index contributed by atoms with van der Waals surface area (Å²) in [5, 5.41) is 46.8. The lowest BCUT2D eigenvalue weighted by atomic mass is 9.80. The van der Waals surface area contributed by atoms with E-state index in [2.05, 4.69) is 0 Å². The summed E-state index contributed by atoms with van der Waals surface area (Å²) >= 11 is 0. The molecule has 0 aliphatic carbocycles. The Balaban J connectivity index is 2.27. The molecule has 0 unspecified atom stereocenters. The molecule has 0 fully saturated rings. The second-order valence-corrected chi connectivity index (χ2v) is 12.9. The molecule has 2 N–H and O–H groups in total. The highest BCUT2D eigenvalue weighted by molar-refractivity contribution is 5.96. The minimum Gasteiger partial charge on any atom is -0.545 e. The van der Waals surface area contributed by atoms with E-state index in [0.29, 0.717) is 22.3 Å². The third-order valence-corrected chi connectivity index (χ3v) is 7.96. The number of phenols is 2. The highest BCUT2D eigenvalue weighted by atomic mass is 16.4. The summed E-state index contributed by atoms with van der Waals surface area (Å²) in [6.07, 6.45) is 0.119. The summed E-state index contributed by atoms with van der Waals surface area (Å²) in [6, 6.07) is 6.63. The monoisotopic (exact) mass is 544 g/mol. The summed E-state index contributed by atoms with van der Waals surface area (Å²) in [5.74, 6) is -2.72. The van der Waals surface area contributed by atoms with Crippen LogP contribution in [0, 0.1) is 27.7 Å². The molecule has 3 aromatic carbocycles. The molecule has 214 valence electrons. The number of carboxylic acid groups (broad SMARTS) is 2. The minimum absolute atomic E-state index is 0.0394. The van der Waals surface area contributed by atoms with Crippen molar-refractivity contribution in [1.29, 1.82) is 0 Å². The number of hydrogen-bond donors (Lipinski definition) is 2. The Morgan fingerprint density at radius 2 is 1.10 bits per heavy atom. The summed E-state index contributed by atoms with van der Waals surface area (Å²) in [5.41, 5.74) is 5.26. The first-order chi connectivity index (χ1) is 18.3. The normalized spacial score (nSPS) is 12.1. The fraction of sp³-hybridized carbons (Fsp3) is 0.412. The second kappa shape index (κ2) is 10.6. The van der Waals surface area contributed by atoms with Crippen LogP contribution in [0.25, 0.3) is 0 Å². The largest absolute Gasteiger partial charge is 0.545 e. The summed E-state index contributed by atoms with van der Waals surface area (Å²) in [4.78, 5) is 24.8. The quantitative estimate of drug-likeness (QED) is 0.458. The Kier molecular flexibility index (Phi) is 8.18. The standard InChI is InChI=1S/C34H42O6/c1-17-13-26(33(5,6)7)29(35)19(3)23(17)15-21-11-12-22(31(37)38)25(28(21)32(39)40)16-24-18(2)14-27(34(8,9)10)30(36)20(24)4/h11-14,35-36H,15-16H2,1-10H3,(H,37,38)(H,39,40)/p-2. The molecule has 0 heterocycles. The molecular weight excluding hydrogens is 504 g/mol. The van der Waals surface area contributed by atoms with Gasteiger partial charge in [0, 0.05) is 11.1 Å². The molecule has 0 amide bonds. The zero-order chi connectivity index (χ0) is 30.5. The molecular formula is C34H40O6-2. The molecule has 0 saturated carbocycles. The molecule has 0 atom stereocenters. The van der Waals surface area contributed by atoms with Gasteiger partial charge in [-0.1, -0.05) is 65.8 Å². The second-order valence-electron chi connectivity index (χ2n) is 12.9. The van der Waals surface area contributed by atoms with Gasteiger partial charge in [-0.15, -0.1) is 0 Å². The first-order valence-corrected chi connectivity index (χ1v) is 13.5. The van der Waals surface area contributed by atoms with Crippen LogP contribution in [0.1, 0.15) is 118 Å². The number of carbonyl (C=O) groups excluding carboxylic acids is 2. The fourth-order valence-electron chi connectivity index (χ4n) is 5.55. The first kappa shape index (κ1) is 30.7. The van der Waals surface area contributed by atoms with Crippen molar-refractivity contribution in [3.8, 4) is 11.5 Å². The van der Waals surface area contributed by atoms with Gasteiger partial charge in [0.2, 0.25) is 0 Å². The Labute approximate surface area is 237 Å². The lowest BCUT2D eigenvalue weighted by Crippen LogP contribution is -2.30. The van der Waals surface area contributed by atoms with E-state index in [4.69, 9.17) is 0 Å². The van der Waals surface area contributed by atoms with Gasteiger partial charge in [-0.2, -0.15) is 0 Å². The van der Waals surface area contributed by atoms with Gasteiger partial charge in [0.25, 0.3) is 0 Å². The molecule has 0 aliphatic rings. The summed E-state index contributed by atoms with van der Waals surface area (Å²) in [7, 11) is 0. The van der Waals surface area contributed by atoms with Gasteiger partial charge >= 0.3 is 0 Å². The Morgan fingerprint density at radius 1 is 0.675 bits per heavy atom. The van der Waals surface area contributed by atoms with E-state index in [9.17, 15) is 30.0 Å². The highest BCUT2D eigenvalue weighted by Gasteiger charge is 2.26. The number of aromatic hydroxyl groups is 2. The summed E-state index contributed by atoms with van der Waals surface area (Å²) in [6.45, 7) is 19.3. The number of phenolic OH excluding ortho intramolecular Hbond substituents is 2. The minimum atomic E-state index is -1.50. The molecule has 0 aliphatic heterocycles. The molecule has 6 nitrogen and oxygen atoms in total. The number of carbonyl (C=O) groups is 2. The maximum absolute atomic E-state index is 12.6. The summed E-state index contributed by atoms with van der Waals surface area (Å²) < 4.78 is 0. The van der Waals surface area contributed by atoms with Crippen molar-refractivity contribution in [3.05, 3.63) is 91.0 Å². The molecule has 6 heteroatoms. The van der Waals surface area contributed by atoms with E-state index in [1.54, 1.807) is 13.8 Å². The van der Waals surface area contributed by atoms with Crippen LogP contribution in [-0.4, -0.2) is 22.2 Å². The average molecular weight is 545 g/mol. The molecule has 0 aromatic heterocycles. The van der Waals surface area contributed by atoms with Crippen molar-refractivity contribution in [2.24, 2.45) is 0 Å². The fourth-order valence-corrected chi connectivity index (χ4v) is 5.55. The predicted octanol–water partition coefficient (Wildman–Crippen LogP) is 4.84. The highest BCUT2D eigenvalue weighted by Crippen LogP contribution is 2.39. The van der Waals surface area contributed by atoms with E-state index in [1.807, 2.05) is 67.5 Å². The first-order valence-electron chi connectivity index (χ1n) is 13.5. The molecule has 0 saturated heterocycles. The third kappa shape index (κ3) is 5.72. The zero-order valence-corrected chi connectivity index (χ0v) is 25.3. The number of rotatable bonds is 6. The van der Waals surface area contributed by atoms with Crippen molar-refractivity contribution in [1.82, 2.24) is 0 Å². The number of carboxylic acids is 2. The molecule has 0 bridgehead atoms. The molecule has 0 radical (unpaired) electrons. The van der Waals surface area contributed by atoms with Gasteiger partial charge in [0.15, 0.2) is 0 Å². The molecule has 0 spiro atoms. The zero-order valence-electron chi connectivity index (χ0n) is 25.3. The molecule has 3 aromatic rings. The van der Waals surface area contributed by atoms with Gasteiger partial charge in [-0.25, -0.2) is 0 Å². The number of aromatic carboxylic acids is 2. The van der Waals surface area contributed by atoms with E-state index in [1.165, 1.54) is 12.1 Å². The van der Waals surface area contributed by atoms with Crippen LogP contribution in [0.4, 0.5) is 0 Å². The Bertz CT molecular complexity index is 1510. The topological polar surface area (TPSA) is 121 Å². The maximum atomic E-state index is 12.6. The molecule has 3 rings (SSSR count). The van der Waals surface area contributed by atoms with Gasteiger partial charge in [0.05, 0.1) is 11.9 Å². The Morgan fingerprint density at radius 3 is 1.48 bits per heavy atom. The predicted molar refractivity (Wildman–Crippen MR) is 153 cm³/mol. The van der Waals surface area contributed by atoms with Crippen molar-refractivity contribution >= 4 is 11.9 Å². The van der Waals surface area contributed by atoms with E-state index in [0.717, 1.165) is 27.8 Å². The SMILES string of the molecule is Cc1cc(C(C)(C)C)c(O)c(C)c1Cc1ccc(C(=O)[O-])c(Cc2c(C)cc(C(C)(C)C)c(O)c2C)c1C(=O)[O-]. The number of hydrogen-bond acceptors (Lipinski definition) is 6. The van der Waals surface area contributed by atoms with Crippen molar-refractivity contribution < 1.29 is 30.0 Å². The van der Waals surface area contributed by atoms with Crippen LogP contribution < -0.4 is 10.2 Å². The average Bonchev–Trinajstić information content (AvgIpc) is 2.82. The van der Waals surface area contributed by atoms with Crippen molar-refractivity contribution in [2.45, 2.75) is 92.9 Å². The van der Waals surface area contributed by atoms with E-state index in [-0.39, 0.29) is 51.9 Å². The van der Waals surface area contributed by atoms with Crippen LogP contribution in [-0.2, 0) is 23.7 Å². The van der Waals surface area contributed by atoms with Gasteiger partial charge < -0.3 is 30.0 Å². The number of benzene rings is 3. The number of aryl methyl sites for hydroxylation is 2. The van der Waals surface area contributed by atoms with Crippen molar-refractivity contribution in [3.63, 3.8) is 0 Å². The Hall–Kier alpha value is -3.80. The van der Waals surface area contributed by atoms with Gasteiger partial charge in [0.1, 0.15) is 11.5 Å². The van der Waals surface area contributed by atoms with Crippen LogP contribution in [0.3, 0.4) is 0 Å². The van der Waals surface area contributed by atoms with Crippen LogP contribution >= 0.6 is 0 Å². The lowest BCUT2D eigenvalue weighted by molar-refractivity contribution is -0.255. The third-order valence-electron chi connectivity index (χ3n) is 7.96. The van der Waals surface area contributed by atoms with E-state index >= 15 is 0 Å². The van der Waals surface area contributed by atoms with Crippen molar-refractivity contribution in [2.75, 3.05) is 0 Å². The maximum Gasteiger partial charge on any atom is 0.122 e. The van der Waals surface area contributed by atoms with E-state index < -0.39 is 11.9 Å². The smallest absolute Gasteiger partial charge is 0.122 e. The van der Waals surface area contributed by atoms with Gasteiger partial charge in [-0.3, -0.25) is 0 Å². The molecule has 40 heavy (non-hydrogen) atoms. The van der Waals surface area contributed by atoms with Crippen LogP contribution in [0.15, 0.2) is 24.3 Å². The lowest BCUT2D eigenvalue weighted by Gasteiger charge is -2.27.